The van der Waals surface area contributed by atoms with Crippen LogP contribution in [0.5, 0.6) is 0 Å². The Kier molecular flexibility index (Phi) is 8.30. The van der Waals surface area contributed by atoms with E-state index in [1.165, 1.54) is 22.0 Å². The fraction of sp³-hybridized carbons (Fsp3) is 0.440. The molecular formula is C25H30ClN5O3S. The normalized spacial score (nSPS) is 14.5. The van der Waals surface area contributed by atoms with Crippen molar-refractivity contribution in [3.63, 3.8) is 0 Å². The molecule has 3 aromatic rings. The number of halogens is 1. The number of hydrogen-bond donors (Lipinski definition) is 0. The lowest BCUT2D eigenvalue weighted by Gasteiger charge is -2.36. The summed E-state index contributed by atoms with van der Waals surface area (Å²) in [5.74, 6) is 0.300. The summed E-state index contributed by atoms with van der Waals surface area (Å²) in [5.41, 5.74) is 2.01. The highest BCUT2D eigenvalue weighted by molar-refractivity contribution is 7.99. The van der Waals surface area contributed by atoms with E-state index in [2.05, 4.69) is 25.8 Å². The minimum atomic E-state index is -0.530. The first kappa shape index (κ1) is 25.5. The number of carbonyl (C=O) groups is 1. The molecule has 186 valence electrons. The number of esters is 1. The van der Waals surface area contributed by atoms with Gasteiger partial charge in [-0.05, 0) is 51.1 Å². The number of hydrogen-bond acceptors (Lipinski definition) is 8. The summed E-state index contributed by atoms with van der Waals surface area (Å²) in [4.78, 5) is 39.3. The number of fused-ring (bicyclic) bond motifs is 1. The Morgan fingerprint density at radius 2 is 1.94 bits per heavy atom. The van der Waals surface area contributed by atoms with Gasteiger partial charge in [0.05, 0.1) is 17.6 Å². The summed E-state index contributed by atoms with van der Waals surface area (Å²) in [6.07, 6.45) is 0.977. The Morgan fingerprint density at radius 3 is 2.66 bits per heavy atom. The molecule has 0 aliphatic carbocycles. The van der Waals surface area contributed by atoms with Gasteiger partial charge in [0.15, 0.2) is 10.8 Å². The topological polar surface area (TPSA) is 80.6 Å². The molecule has 0 amide bonds. The van der Waals surface area contributed by atoms with Crippen molar-refractivity contribution in [2.24, 2.45) is 7.05 Å². The van der Waals surface area contributed by atoms with Gasteiger partial charge in [-0.1, -0.05) is 29.4 Å². The molecule has 35 heavy (non-hydrogen) atoms. The van der Waals surface area contributed by atoms with Crippen molar-refractivity contribution in [3.05, 3.63) is 57.0 Å². The second-order valence-electron chi connectivity index (χ2n) is 8.50. The second-order valence-corrected chi connectivity index (χ2v) is 10.00. The minimum Gasteiger partial charge on any atom is -0.462 e. The molecule has 0 atom stereocenters. The van der Waals surface area contributed by atoms with Gasteiger partial charge >= 0.3 is 5.97 Å². The third-order valence-corrected chi connectivity index (χ3v) is 7.38. The summed E-state index contributed by atoms with van der Waals surface area (Å²) in [6, 6.07) is 9.59. The van der Waals surface area contributed by atoms with E-state index in [1.54, 1.807) is 27.0 Å². The van der Waals surface area contributed by atoms with Crippen LogP contribution in [-0.2, 0) is 11.8 Å². The molecular weight excluding hydrogens is 486 g/mol. The molecule has 1 fully saturated rings. The van der Waals surface area contributed by atoms with Crippen LogP contribution in [0.4, 0.5) is 5.69 Å². The smallest absolute Gasteiger partial charge is 0.339 e. The van der Waals surface area contributed by atoms with Crippen LogP contribution in [0.25, 0.3) is 11.0 Å². The molecule has 0 spiro atoms. The highest BCUT2D eigenvalue weighted by atomic mass is 35.5. The number of pyridine rings is 1. The third-order valence-electron chi connectivity index (χ3n) is 6.03. The molecule has 8 nitrogen and oxygen atoms in total. The van der Waals surface area contributed by atoms with Crippen LogP contribution in [0, 0.1) is 6.92 Å². The highest BCUT2D eigenvalue weighted by Crippen LogP contribution is 2.22. The maximum Gasteiger partial charge on any atom is 0.339 e. The molecule has 1 aromatic carbocycles. The zero-order valence-corrected chi connectivity index (χ0v) is 21.9. The van der Waals surface area contributed by atoms with Crippen molar-refractivity contribution in [1.82, 2.24) is 19.4 Å². The fourth-order valence-corrected chi connectivity index (χ4v) is 5.29. The molecule has 10 heteroatoms. The van der Waals surface area contributed by atoms with Crippen LogP contribution in [0.2, 0.25) is 5.02 Å². The molecule has 4 rings (SSSR count). The number of nitrogens with zero attached hydrogens (tertiary/aromatic N) is 5. The molecule has 0 unspecified atom stereocenters. The Bertz CT molecular complexity index is 1270. The average Bonchev–Trinajstić information content (AvgIpc) is 2.84. The summed E-state index contributed by atoms with van der Waals surface area (Å²) in [6.45, 7) is 8.69. The molecule has 0 radical (unpaired) electrons. The maximum absolute atomic E-state index is 13.1. The predicted molar refractivity (Wildman–Crippen MR) is 141 cm³/mol. The zero-order valence-electron chi connectivity index (χ0n) is 20.3. The first-order valence-corrected chi connectivity index (χ1v) is 13.1. The van der Waals surface area contributed by atoms with E-state index >= 15 is 0 Å². The van der Waals surface area contributed by atoms with Gasteiger partial charge in [-0.25, -0.2) is 14.8 Å². The van der Waals surface area contributed by atoms with Crippen LogP contribution in [-0.4, -0.2) is 70.5 Å². The number of aromatic nitrogens is 3. The number of piperazine rings is 1. The van der Waals surface area contributed by atoms with Gasteiger partial charge in [0.1, 0.15) is 0 Å². The quantitative estimate of drug-likeness (QED) is 0.194. The van der Waals surface area contributed by atoms with E-state index < -0.39 is 5.97 Å². The monoisotopic (exact) mass is 515 g/mol. The van der Waals surface area contributed by atoms with E-state index in [-0.39, 0.29) is 28.8 Å². The molecule has 0 N–H and O–H groups in total. The largest absolute Gasteiger partial charge is 0.462 e. The summed E-state index contributed by atoms with van der Waals surface area (Å²) in [7, 11) is 1.68. The van der Waals surface area contributed by atoms with Gasteiger partial charge in [0, 0.05) is 55.4 Å². The highest BCUT2D eigenvalue weighted by Gasteiger charge is 2.20. The molecule has 0 saturated carbocycles. The third kappa shape index (κ3) is 5.97. The molecule has 0 bridgehead atoms. The fourth-order valence-electron chi connectivity index (χ4n) is 4.22. The number of thioether (sulfide) groups is 1. The van der Waals surface area contributed by atoms with Gasteiger partial charge in [-0.3, -0.25) is 14.3 Å². The molecule has 2 aromatic heterocycles. The average molecular weight is 516 g/mol. The van der Waals surface area contributed by atoms with Crippen LogP contribution >= 0.6 is 23.4 Å². The van der Waals surface area contributed by atoms with Crippen molar-refractivity contribution in [1.29, 1.82) is 0 Å². The van der Waals surface area contributed by atoms with E-state index in [0.29, 0.717) is 10.9 Å². The zero-order chi connectivity index (χ0) is 24.9. The Hall–Kier alpha value is -2.62. The van der Waals surface area contributed by atoms with Crippen LogP contribution in [0.15, 0.2) is 40.3 Å². The standard InChI is InChI=1S/C25H30ClN5O3S/c1-4-34-24(33)20-15-17(2)27-22-21(20)23(32)29(3)25(28-22)35-14-6-9-30-10-12-31(13-11-30)19-8-5-7-18(26)16-19/h5,7-8,15-16H,4,6,9-14H2,1-3H3. The Morgan fingerprint density at radius 1 is 1.17 bits per heavy atom. The lowest BCUT2D eigenvalue weighted by Crippen LogP contribution is -2.46. The van der Waals surface area contributed by atoms with Crippen LogP contribution < -0.4 is 10.5 Å². The summed E-state index contributed by atoms with van der Waals surface area (Å²) < 4.78 is 6.63. The first-order chi connectivity index (χ1) is 16.9. The van der Waals surface area contributed by atoms with Crippen molar-refractivity contribution >= 4 is 46.1 Å². The van der Waals surface area contributed by atoms with Gasteiger partial charge < -0.3 is 9.64 Å². The molecule has 3 heterocycles. The van der Waals surface area contributed by atoms with E-state index in [1.807, 2.05) is 18.2 Å². The molecule has 1 saturated heterocycles. The van der Waals surface area contributed by atoms with Crippen molar-refractivity contribution in [2.45, 2.75) is 25.4 Å². The maximum atomic E-state index is 13.1. The summed E-state index contributed by atoms with van der Waals surface area (Å²) >= 11 is 7.67. The van der Waals surface area contributed by atoms with Crippen molar-refractivity contribution in [3.8, 4) is 0 Å². The second kappa shape index (κ2) is 11.4. The lowest BCUT2D eigenvalue weighted by molar-refractivity contribution is 0.0528. The Labute approximate surface area is 214 Å². The van der Waals surface area contributed by atoms with Gasteiger partial charge in [0.25, 0.3) is 5.56 Å². The van der Waals surface area contributed by atoms with Gasteiger partial charge in [0.2, 0.25) is 0 Å². The number of carbonyl (C=O) groups excluding carboxylic acids is 1. The predicted octanol–water partition coefficient (Wildman–Crippen LogP) is 3.77. The molecule has 1 aliphatic heterocycles. The number of aryl methyl sites for hydroxylation is 1. The number of anilines is 1. The van der Waals surface area contributed by atoms with Gasteiger partial charge in [-0.15, -0.1) is 0 Å². The van der Waals surface area contributed by atoms with Crippen molar-refractivity contribution in [2.75, 3.05) is 50.0 Å². The number of ether oxygens (including phenoxy) is 1. The minimum absolute atomic E-state index is 0.207. The first-order valence-electron chi connectivity index (χ1n) is 11.8. The van der Waals surface area contributed by atoms with E-state index in [0.717, 1.165) is 49.9 Å². The molecule has 1 aliphatic rings. The van der Waals surface area contributed by atoms with E-state index in [9.17, 15) is 9.59 Å². The number of rotatable bonds is 8. The van der Waals surface area contributed by atoms with Crippen molar-refractivity contribution < 1.29 is 9.53 Å². The Balaban J connectivity index is 1.35. The van der Waals surface area contributed by atoms with Gasteiger partial charge in [-0.2, -0.15) is 0 Å². The van der Waals surface area contributed by atoms with E-state index in [4.69, 9.17) is 16.3 Å². The lowest BCUT2D eigenvalue weighted by atomic mass is 10.1. The van der Waals surface area contributed by atoms with Crippen LogP contribution in [0.3, 0.4) is 0 Å². The SMILES string of the molecule is CCOC(=O)c1cc(C)nc2nc(SCCCN3CCN(c4cccc(Cl)c4)CC3)n(C)c(=O)c12. The summed E-state index contributed by atoms with van der Waals surface area (Å²) in [5, 5.41) is 1.57. The number of benzene rings is 1. The van der Waals surface area contributed by atoms with Crippen LogP contribution in [0.1, 0.15) is 29.4 Å².